The molecule has 1 aliphatic rings. The molecule has 2 atom stereocenters. The number of amides is 2. The van der Waals surface area contributed by atoms with Gasteiger partial charge in [0.2, 0.25) is 5.91 Å². The Morgan fingerprint density at radius 2 is 1.84 bits per heavy atom. The standard InChI is InChI=1S/C24H28N2O4S/c1-16-10-12-19(13-11-16)25-23(28)15-31-17(2)24(29)30-14-22(27)26-21-9-5-7-18-6-3-4-8-20(18)21/h3-4,6,8,10-13,17,21H,5,7,9,14-15H2,1-2H3,(H,25,28)(H,26,27)/t17-,21-/m0/s1. The summed E-state index contributed by atoms with van der Waals surface area (Å²) in [6.07, 6.45) is 2.91. The fraction of sp³-hybridized carbons (Fsp3) is 0.375. The van der Waals surface area contributed by atoms with Crippen LogP contribution in [0.15, 0.2) is 48.5 Å². The number of carbonyl (C=O) groups excluding carboxylic acids is 3. The fourth-order valence-electron chi connectivity index (χ4n) is 3.50. The van der Waals surface area contributed by atoms with Gasteiger partial charge in [0.05, 0.1) is 11.8 Å². The lowest BCUT2D eigenvalue weighted by molar-refractivity contribution is -0.147. The zero-order chi connectivity index (χ0) is 22.2. The highest BCUT2D eigenvalue weighted by Gasteiger charge is 2.23. The highest BCUT2D eigenvalue weighted by molar-refractivity contribution is 8.01. The lowest BCUT2D eigenvalue weighted by Gasteiger charge is -2.26. The molecule has 0 saturated carbocycles. The van der Waals surface area contributed by atoms with Crippen LogP contribution in [0.5, 0.6) is 0 Å². The van der Waals surface area contributed by atoms with E-state index in [4.69, 9.17) is 4.74 Å². The van der Waals surface area contributed by atoms with Gasteiger partial charge in [-0.15, -0.1) is 11.8 Å². The fourth-order valence-corrected chi connectivity index (χ4v) is 4.17. The number of rotatable bonds is 8. The molecule has 3 rings (SSSR count). The van der Waals surface area contributed by atoms with E-state index in [1.54, 1.807) is 6.92 Å². The molecule has 31 heavy (non-hydrogen) atoms. The van der Waals surface area contributed by atoms with Gasteiger partial charge in [-0.1, -0.05) is 42.0 Å². The van der Waals surface area contributed by atoms with E-state index in [-0.39, 0.29) is 30.2 Å². The van der Waals surface area contributed by atoms with Gasteiger partial charge in [0, 0.05) is 5.69 Å². The summed E-state index contributed by atoms with van der Waals surface area (Å²) in [6, 6.07) is 15.5. The first-order valence-electron chi connectivity index (χ1n) is 10.4. The minimum atomic E-state index is -0.549. The van der Waals surface area contributed by atoms with Gasteiger partial charge >= 0.3 is 5.97 Å². The van der Waals surface area contributed by atoms with Crippen molar-refractivity contribution in [2.24, 2.45) is 0 Å². The van der Waals surface area contributed by atoms with E-state index in [0.29, 0.717) is 5.69 Å². The van der Waals surface area contributed by atoms with Gasteiger partial charge in [-0.05, 0) is 56.4 Å². The van der Waals surface area contributed by atoms with Crippen molar-refractivity contribution in [3.8, 4) is 0 Å². The second-order valence-corrected chi connectivity index (χ2v) is 9.02. The number of fused-ring (bicyclic) bond motifs is 1. The molecule has 6 nitrogen and oxygen atoms in total. The predicted octanol–water partition coefficient (Wildman–Crippen LogP) is 3.79. The van der Waals surface area contributed by atoms with Crippen LogP contribution in [-0.4, -0.2) is 35.4 Å². The highest BCUT2D eigenvalue weighted by Crippen LogP contribution is 2.29. The second-order valence-electron chi connectivity index (χ2n) is 7.69. The third-order valence-corrected chi connectivity index (χ3v) is 6.30. The molecule has 0 bridgehead atoms. The Kier molecular flexibility index (Phi) is 8.12. The molecule has 0 fully saturated rings. The third-order valence-electron chi connectivity index (χ3n) is 5.18. The van der Waals surface area contributed by atoms with Crippen LogP contribution in [0.4, 0.5) is 5.69 Å². The average molecular weight is 441 g/mol. The van der Waals surface area contributed by atoms with Gasteiger partial charge in [-0.3, -0.25) is 14.4 Å². The number of ether oxygens (including phenoxy) is 1. The number of nitrogens with one attached hydrogen (secondary N) is 2. The Balaban J connectivity index is 1.38. The summed E-state index contributed by atoms with van der Waals surface area (Å²) in [7, 11) is 0. The molecule has 2 amide bonds. The molecule has 2 aromatic carbocycles. The van der Waals surface area contributed by atoms with Gasteiger partial charge in [0.25, 0.3) is 5.91 Å². The molecule has 0 radical (unpaired) electrons. The Bertz CT molecular complexity index is 929. The van der Waals surface area contributed by atoms with E-state index in [2.05, 4.69) is 16.7 Å². The number of thioether (sulfide) groups is 1. The molecular formula is C24H28N2O4S. The summed E-state index contributed by atoms with van der Waals surface area (Å²) in [5.74, 6) is -0.895. The van der Waals surface area contributed by atoms with Crippen molar-refractivity contribution in [3.05, 3.63) is 65.2 Å². The molecule has 2 N–H and O–H groups in total. The maximum Gasteiger partial charge on any atom is 0.319 e. The lowest BCUT2D eigenvalue weighted by atomic mass is 9.88. The first-order chi connectivity index (χ1) is 14.9. The lowest BCUT2D eigenvalue weighted by Crippen LogP contribution is -2.35. The number of benzene rings is 2. The van der Waals surface area contributed by atoms with Crippen molar-refractivity contribution in [1.29, 1.82) is 0 Å². The van der Waals surface area contributed by atoms with Crippen LogP contribution in [0, 0.1) is 6.92 Å². The summed E-state index contributed by atoms with van der Waals surface area (Å²) in [6.45, 7) is 3.32. The maximum absolute atomic E-state index is 12.3. The molecule has 0 aromatic heterocycles. The van der Waals surface area contributed by atoms with E-state index in [0.717, 1.165) is 30.4 Å². The van der Waals surface area contributed by atoms with Crippen LogP contribution in [0.1, 0.15) is 42.5 Å². The van der Waals surface area contributed by atoms with Crippen molar-refractivity contribution in [1.82, 2.24) is 5.32 Å². The Morgan fingerprint density at radius 1 is 1.10 bits per heavy atom. The van der Waals surface area contributed by atoms with Gasteiger partial charge in [-0.25, -0.2) is 0 Å². The summed E-state index contributed by atoms with van der Waals surface area (Å²) in [5, 5.41) is 5.21. The molecule has 164 valence electrons. The van der Waals surface area contributed by atoms with Gasteiger partial charge < -0.3 is 15.4 Å². The minimum absolute atomic E-state index is 0.0478. The maximum atomic E-state index is 12.3. The van der Waals surface area contributed by atoms with E-state index < -0.39 is 11.2 Å². The van der Waals surface area contributed by atoms with E-state index in [1.165, 1.54) is 17.3 Å². The van der Waals surface area contributed by atoms with Crippen LogP contribution < -0.4 is 10.6 Å². The van der Waals surface area contributed by atoms with Gasteiger partial charge in [0.1, 0.15) is 5.25 Å². The van der Waals surface area contributed by atoms with E-state index in [1.807, 2.05) is 49.4 Å². The summed E-state index contributed by atoms with van der Waals surface area (Å²) in [5.41, 5.74) is 4.22. The largest absolute Gasteiger partial charge is 0.455 e. The monoisotopic (exact) mass is 440 g/mol. The number of esters is 1. The highest BCUT2D eigenvalue weighted by atomic mass is 32.2. The van der Waals surface area contributed by atoms with Crippen LogP contribution >= 0.6 is 11.8 Å². The van der Waals surface area contributed by atoms with Crippen molar-refractivity contribution in [2.75, 3.05) is 17.7 Å². The van der Waals surface area contributed by atoms with Gasteiger partial charge in [0.15, 0.2) is 6.61 Å². The molecule has 0 unspecified atom stereocenters. The summed E-state index contributed by atoms with van der Waals surface area (Å²) < 4.78 is 5.16. The number of aryl methyl sites for hydroxylation is 2. The molecule has 0 heterocycles. The molecule has 0 spiro atoms. The molecule has 2 aromatic rings. The SMILES string of the molecule is Cc1ccc(NC(=O)CS[C@@H](C)C(=O)OCC(=O)N[C@H]2CCCc3ccccc32)cc1. The number of hydrogen-bond acceptors (Lipinski definition) is 5. The van der Waals surface area contributed by atoms with Crippen molar-refractivity contribution in [2.45, 2.75) is 44.4 Å². The summed E-state index contributed by atoms with van der Waals surface area (Å²) >= 11 is 1.17. The molecular weight excluding hydrogens is 412 g/mol. The van der Waals surface area contributed by atoms with Crippen molar-refractivity contribution in [3.63, 3.8) is 0 Å². The third kappa shape index (κ3) is 6.85. The Labute approximate surface area is 187 Å². The normalized spacial score (nSPS) is 16.0. The van der Waals surface area contributed by atoms with Gasteiger partial charge in [-0.2, -0.15) is 0 Å². The average Bonchev–Trinajstić information content (AvgIpc) is 2.77. The first-order valence-corrected chi connectivity index (χ1v) is 11.5. The van der Waals surface area contributed by atoms with E-state index in [9.17, 15) is 14.4 Å². The zero-order valence-corrected chi connectivity index (χ0v) is 18.7. The smallest absolute Gasteiger partial charge is 0.319 e. The number of hydrogen-bond donors (Lipinski definition) is 2. The Morgan fingerprint density at radius 3 is 2.61 bits per heavy atom. The summed E-state index contributed by atoms with van der Waals surface area (Å²) in [4.78, 5) is 36.5. The zero-order valence-electron chi connectivity index (χ0n) is 17.9. The molecule has 1 aliphatic carbocycles. The number of carbonyl (C=O) groups is 3. The first kappa shape index (κ1) is 22.9. The number of anilines is 1. The minimum Gasteiger partial charge on any atom is -0.455 e. The molecule has 7 heteroatoms. The van der Waals surface area contributed by atoms with E-state index >= 15 is 0 Å². The Hall–Kier alpha value is -2.80. The van der Waals surface area contributed by atoms with Crippen molar-refractivity contribution >= 4 is 35.2 Å². The van der Waals surface area contributed by atoms with Crippen LogP contribution in [0.3, 0.4) is 0 Å². The second kappa shape index (κ2) is 11.0. The molecule has 0 aliphatic heterocycles. The van der Waals surface area contributed by atoms with Crippen molar-refractivity contribution < 1.29 is 19.1 Å². The topological polar surface area (TPSA) is 84.5 Å². The molecule has 0 saturated heterocycles. The van der Waals surface area contributed by atoms with Crippen LogP contribution in [0.2, 0.25) is 0 Å². The predicted molar refractivity (Wildman–Crippen MR) is 123 cm³/mol. The quantitative estimate of drug-likeness (QED) is 0.610. The van der Waals surface area contributed by atoms with Crippen LogP contribution in [-0.2, 0) is 25.5 Å². The van der Waals surface area contributed by atoms with Crippen LogP contribution in [0.25, 0.3) is 0 Å².